The number of morpholine rings is 1. The van der Waals surface area contributed by atoms with Crippen LogP contribution in [0.3, 0.4) is 0 Å². The third-order valence-electron chi connectivity index (χ3n) is 5.97. The Hall–Kier alpha value is -1.39. The van der Waals surface area contributed by atoms with E-state index in [0.29, 0.717) is 13.0 Å². The second-order valence-corrected chi connectivity index (χ2v) is 7.81. The van der Waals surface area contributed by atoms with E-state index in [-0.39, 0.29) is 24.2 Å². The number of benzene rings is 1. The number of fused-ring (bicyclic) bond motifs is 1. The maximum absolute atomic E-state index is 12.8. The van der Waals surface area contributed by atoms with Gasteiger partial charge in [-0.05, 0) is 56.1 Å². The highest BCUT2D eigenvalue weighted by Crippen LogP contribution is 2.35. The molecular weight excluding hydrogens is 314 g/mol. The third kappa shape index (κ3) is 3.90. The van der Waals surface area contributed by atoms with Crippen LogP contribution < -0.4 is 0 Å². The van der Waals surface area contributed by atoms with Crippen molar-refractivity contribution in [3.8, 4) is 0 Å². The molecule has 1 amide bonds. The summed E-state index contributed by atoms with van der Waals surface area (Å²) < 4.78 is 12.1. The zero-order chi connectivity index (χ0) is 17.2. The van der Waals surface area contributed by atoms with E-state index in [1.54, 1.807) is 0 Å². The first-order valence-corrected chi connectivity index (χ1v) is 9.79. The van der Waals surface area contributed by atoms with Crippen LogP contribution in [0.15, 0.2) is 24.3 Å². The SMILES string of the molecule is Cc1ccccc1CCC(=O)N1CCO[C@H]2[C@@H](OCC3CC3)CC[C@@H]21. The number of amides is 1. The molecule has 1 aromatic rings. The molecule has 1 aliphatic heterocycles. The number of hydrogen-bond donors (Lipinski definition) is 0. The predicted molar refractivity (Wildman–Crippen MR) is 96.4 cm³/mol. The molecule has 1 aromatic carbocycles. The minimum atomic E-state index is 0.0786. The summed E-state index contributed by atoms with van der Waals surface area (Å²) >= 11 is 0. The summed E-state index contributed by atoms with van der Waals surface area (Å²) in [5, 5.41) is 0. The number of nitrogens with zero attached hydrogens (tertiary/aromatic N) is 1. The maximum Gasteiger partial charge on any atom is 0.223 e. The standard InChI is InChI=1S/C21H29NO3/c1-15-4-2-3-5-17(15)8-11-20(23)22-12-13-24-21-18(22)9-10-19(21)25-14-16-6-7-16/h2-5,16,18-19,21H,6-14H2,1H3/t18-,19-,21+/m0/s1. The molecule has 0 N–H and O–H groups in total. The molecule has 4 heteroatoms. The van der Waals surface area contributed by atoms with E-state index in [4.69, 9.17) is 9.47 Å². The molecule has 0 unspecified atom stereocenters. The Bertz CT molecular complexity index is 613. The number of hydrogen-bond acceptors (Lipinski definition) is 3. The molecular formula is C21H29NO3. The lowest BCUT2D eigenvalue weighted by molar-refractivity contribution is -0.151. The van der Waals surface area contributed by atoms with Crippen molar-refractivity contribution in [3.63, 3.8) is 0 Å². The van der Waals surface area contributed by atoms with Gasteiger partial charge >= 0.3 is 0 Å². The summed E-state index contributed by atoms with van der Waals surface area (Å²) in [6.45, 7) is 4.35. The molecule has 25 heavy (non-hydrogen) atoms. The number of rotatable bonds is 6. The van der Waals surface area contributed by atoms with Gasteiger partial charge in [-0.25, -0.2) is 0 Å². The van der Waals surface area contributed by atoms with Crippen LogP contribution in [-0.4, -0.2) is 48.8 Å². The zero-order valence-corrected chi connectivity index (χ0v) is 15.2. The van der Waals surface area contributed by atoms with Crippen molar-refractivity contribution in [2.75, 3.05) is 19.8 Å². The van der Waals surface area contributed by atoms with Gasteiger partial charge in [0.1, 0.15) is 6.10 Å². The first-order chi connectivity index (χ1) is 12.2. The fourth-order valence-electron chi connectivity index (χ4n) is 4.22. The van der Waals surface area contributed by atoms with Gasteiger partial charge in [0.25, 0.3) is 0 Å². The molecule has 2 aliphatic carbocycles. The van der Waals surface area contributed by atoms with Gasteiger partial charge in [-0.15, -0.1) is 0 Å². The minimum absolute atomic E-state index is 0.0786. The Labute approximate surface area is 150 Å². The van der Waals surface area contributed by atoms with Gasteiger partial charge < -0.3 is 14.4 Å². The van der Waals surface area contributed by atoms with Gasteiger partial charge in [-0.3, -0.25) is 4.79 Å². The largest absolute Gasteiger partial charge is 0.375 e. The van der Waals surface area contributed by atoms with E-state index in [1.165, 1.54) is 24.0 Å². The average Bonchev–Trinajstić information content (AvgIpc) is 3.37. The topological polar surface area (TPSA) is 38.8 Å². The predicted octanol–water partition coefficient (Wildman–Crippen LogP) is 3.11. The van der Waals surface area contributed by atoms with Crippen molar-refractivity contribution in [2.45, 2.75) is 63.7 Å². The Morgan fingerprint density at radius 1 is 1.24 bits per heavy atom. The van der Waals surface area contributed by atoms with Crippen LogP contribution in [0.5, 0.6) is 0 Å². The van der Waals surface area contributed by atoms with E-state index in [1.807, 2.05) is 6.07 Å². The Kier molecular flexibility index (Phi) is 5.09. The average molecular weight is 343 g/mol. The lowest BCUT2D eigenvalue weighted by Gasteiger charge is -2.39. The number of carbonyl (C=O) groups excluding carboxylic acids is 1. The van der Waals surface area contributed by atoms with Crippen molar-refractivity contribution in [1.29, 1.82) is 0 Å². The molecule has 4 nitrogen and oxygen atoms in total. The van der Waals surface area contributed by atoms with Crippen LogP contribution in [0, 0.1) is 12.8 Å². The molecule has 1 heterocycles. The molecule has 1 saturated heterocycles. The summed E-state index contributed by atoms with van der Waals surface area (Å²) in [4.78, 5) is 14.9. The molecule has 2 saturated carbocycles. The van der Waals surface area contributed by atoms with Gasteiger partial charge in [0.15, 0.2) is 0 Å². The first kappa shape index (κ1) is 17.0. The van der Waals surface area contributed by atoms with Crippen molar-refractivity contribution in [3.05, 3.63) is 35.4 Å². The van der Waals surface area contributed by atoms with E-state index in [2.05, 4.69) is 30.0 Å². The summed E-state index contributed by atoms with van der Waals surface area (Å²) in [5.74, 6) is 1.04. The number of aryl methyl sites for hydroxylation is 2. The normalized spacial score (nSPS) is 28.8. The summed E-state index contributed by atoms with van der Waals surface area (Å²) in [6.07, 6.45) is 6.31. The highest BCUT2D eigenvalue weighted by molar-refractivity contribution is 5.77. The van der Waals surface area contributed by atoms with Crippen LogP contribution in [0.2, 0.25) is 0 Å². The Morgan fingerprint density at radius 2 is 2.08 bits per heavy atom. The summed E-state index contributed by atoms with van der Waals surface area (Å²) in [7, 11) is 0. The van der Waals surface area contributed by atoms with Crippen LogP contribution in [-0.2, 0) is 20.7 Å². The molecule has 0 aromatic heterocycles. The highest BCUT2D eigenvalue weighted by atomic mass is 16.5. The molecule has 4 rings (SSSR count). The molecule has 3 aliphatic rings. The fraction of sp³-hybridized carbons (Fsp3) is 0.667. The number of ether oxygens (including phenoxy) is 2. The molecule has 0 spiro atoms. The lowest BCUT2D eigenvalue weighted by atomic mass is 10.0. The molecule has 0 radical (unpaired) electrons. The van der Waals surface area contributed by atoms with Gasteiger partial charge in [0.2, 0.25) is 5.91 Å². The molecule has 3 atom stereocenters. The minimum Gasteiger partial charge on any atom is -0.375 e. The zero-order valence-electron chi connectivity index (χ0n) is 15.2. The third-order valence-corrected chi connectivity index (χ3v) is 5.97. The second-order valence-electron chi connectivity index (χ2n) is 7.81. The summed E-state index contributed by atoms with van der Waals surface area (Å²) in [5.41, 5.74) is 2.54. The van der Waals surface area contributed by atoms with Crippen molar-refractivity contribution >= 4 is 5.91 Å². The first-order valence-electron chi connectivity index (χ1n) is 9.79. The van der Waals surface area contributed by atoms with E-state index in [0.717, 1.165) is 38.3 Å². The van der Waals surface area contributed by atoms with Gasteiger partial charge in [-0.2, -0.15) is 0 Å². The summed E-state index contributed by atoms with van der Waals surface area (Å²) in [6, 6.07) is 8.55. The molecule has 0 bridgehead atoms. The second kappa shape index (κ2) is 7.46. The van der Waals surface area contributed by atoms with E-state index in [9.17, 15) is 4.79 Å². The lowest BCUT2D eigenvalue weighted by Crippen LogP contribution is -2.54. The maximum atomic E-state index is 12.8. The van der Waals surface area contributed by atoms with Crippen LogP contribution in [0.4, 0.5) is 0 Å². The molecule has 3 fully saturated rings. The van der Waals surface area contributed by atoms with Crippen LogP contribution >= 0.6 is 0 Å². The van der Waals surface area contributed by atoms with Crippen molar-refractivity contribution in [2.24, 2.45) is 5.92 Å². The van der Waals surface area contributed by atoms with E-state index < -0.39 is 0 Å². The highest BCUT2D eigenvalue weighted by Gasteiger charge is 2.45. The fourth-order valence-corrected chi connectivity index (χ4v) is 4.22. The van der Waals surface area contributed by atoms with E-state index >= 15 is 0 Å². The van der Waals surface area contributed by atoms with Crippen molar-refractivity contribution in [1.82, 2.24) is 4.90 Å². The Morgan fingerprint density at radius 3 is 2.88 bits per heavy atom. The van der Waals surface area contributed by atoms with Gasteiger partial charge in [0, 0.05) is 19.6 Å². The van der Waals surface area contributed by atoms with Crippen LogP contribution in [0.1, 0.15) is 43.2 Å². The van der Waals surface area contributed by atoms with Gasteiger partial charge in [-0.1, -0.05) is 24.3 Å². The Balaban J connectivity index is 1.33. The quantitative estimate of drug-likeness (QED) is 0.797. The smallest absolute Gasteiger partial charge is 0.223 e. The van der Waals surface area contributed by atoms with Crippen LogP contribution in [0.25, 0.3) is 0 Å². The van der Waals surface area contributed by atoms with Gasteiger partial charge in [0.05, 0.1) is 18.8 Å². The number of carbonyl (C=O) groups is 1. The monoisotopic (exact) mass is 343 g/mol. The molecule has 136 valence electrons. The van der Waals surface area contributed by atoms with Crippen molar-refractivity contribution < 1.29 is 14.3 Å².